The molecule has 5 heteroatoms. The molecule has 0 spiro atoms. The fraction of sp³-hybridized carbons (Fsp3) is 0.500. The number of morpholine rings is 1. The zero-order valence-corrected chi connectivity index (χ0v) is 11.2. The second-order valence-corrected chi connectivity index (χ2v) is 5.09. The van der Waals surface area contributed by atoms with Crippen LogP contribution in [0.3, 0.4) is 0 Å². The monoisotopic (exact) mass is 300 g/mol. The van der Waals surface area contributed by atoms with Crippen LogP contribution in [-0.4, -0.2) is 42.4 Å². The molecular weight excluding hydrogens is 284 g/mol. The number of nitrogen functional groups attached to an aromatic ring is 1. The summed E-state index contributed by atoms with van der Waals surface area (Å²) in [6, 6.07) is 5.91. The fourth-order valence-corrected chi connectivity index (χ4v) is 2.50. The van der Waals surface area contributed by atoms with Crippen LogP contribution in [0.25, 0.3) is 0 Å². The molecule has 1 aliphatic rings. The Hall–Kier alpha value is -0.620. The second-order valence-electron chi connectivity index (χ2n) is 4.23. The molecule has 17 heavy (non-hydrogen) atoms. The minimum Gasteiger partial charge on any atom is -0.399 e. The summed E-state index contributed by atoms with van der Waals surface area (Å²) in [5, 5.41) is 9.30. The highest BCUT2D eigenvalue weighted by molar-refractivity contribution is 9.10. The second kappa shape index (κ2) is 5.82. The largest absolute Gasteiger partial charge is 0.399 e. The molecule has 1 heterocycles. The van der Waals surface area contributed by atoms with Gasteiger partial charge < -0.3 is 15.6 Å². The molecule has 3 N–H and O–H groups in total. The Bertz CT molecular complexity index is 387. The van der Waals surface area contributed by atoms with Crippen molar-refractivity contribution < 1.29 is 9.84 Å². The molecule has 1 unspecified atom stereocenters. The third kappa shape index (κ3) is 3.19. The maximum Gasteiger partial charge on any atom is 0.0644 e. The number of halogens is 1. The Labute approximate surface area is 109 Å². The van der Waals surface area contributed by atoms with Crippen molar-refractivity contribution in [2.45, 2.75) is 12.6 Å². The van der Waals surface area contributed by atoms with Gasteiger partial charge in [0.1, 0.15) is 0 Å². The molecule has 0 radical (unpaired) electrons. The zero-order valence-electron chi connectivity index (χ0n) is 9.60. The molecule has 0 aliphatic carbocycles. The van der Waals surface area contributed by atoms with E-state index in [4.69, 9.17) is 10.5 Å². The smallest absolute Gasteiger partial charge is 0.0644 e. The van der Waals surface area contributed by atoms with Crippen LogP contribution < -0.4 is 5.73 Å². The van der Waals surface area contributed by atoms with E-state index in [9.17, 15) is 5.11 Å². The number of rotatable bonds is 3. The van der Waals surface area contributed by atoms with E-state index >= 15 is 0 Å². The van der Waals surface area contributed by atoms with Crippen molar-refractivity contribution in [2.24, 2.45) is 0 Å². The Balaban J connectivity index is 2.08. The summed E-state index contributed by atoms with van der Waals surface area (Å²) in [5.74, 6) is 0. The van der Waals surface area contributed by atoms with Crippen LogP contribution in [0.2, 0.25) is 0 Å². The molecule has 94 valence electrons. The standard InChI is InChI=1S/C12H17BrN2O2/c13-12-5-10(14)2-1-9(12)6-15-3-4-17-8-11(15)7-16/h1-2,5,11,16H,3-4,6-8,14H2. The highest BCUT2D eigenvalue weighted by Crippen LogP contribution is 2.22. The van der Waals surface area contributed by atoms with Gasteiger partial charge >= 0.3 is 0 Å². The summed E-state index contributed by atoms with van der Waals surface area (Å²) >= 11 is 3.52. The summed E-state index contributed by atoms with van der Waals surface area (Å²) in [5.41, 5.74) is 7.64. The van der Waals surface area contributed by atoms with Gasteiger partial charge in [0.05, 0.1) is 25.9 Å². The molecule has 0 aromatic heterocycles. The lowest BCUT2D eigenvalue weighted by molar-refractivity contribution is -0.0313. The first-order valence-electron chi connectivity index (χ1n) is 5.67. The predicted molar refractivity (Wildman–Crippen MR) is 70.7 cm³/mol. The highest BCUT2D eigenvalue weighted by atomic mass is 79.9. The number of hydrogen-bond donors (Lipinski definition) is 2. The van der Waals surface area contributed by atoms with E-state index in [0.717, 1.165) is 29.9 Å². The lowest BCUT2D eigenvalue weighted by atomic mass is 10.1. The molecule has 1 atom stereocenters. The summed E-state index contributed by atoms with van der Waals surface area (Å²) in [6.45, 7) is 3.11. The predicted octanol–water partition coefficient (Wildman–Crippen LogP) is 1.22. The molecule has 1 aromatic rings. The summed E-state index contributed by atoms with van der Waals surface area (Å²) in [6.07, 6.45) is 0. The molecule has 1 aliphatic heterocycles. The molecule has 1 saturated heterocycles. The van der Waals surface area contributed by atoms with Crippen LogP contribution in [-0.2, 0) is 11.3 Å². The topological polar surface area (TPSA) is 58.7 Å². The summed E-state index contributed by atoms with van der Waals surface area (Å²) in [4.78, 5) is 2.24. The van der Waals surface area contributed by atoms with Gasteiger partial charge in [0.2, 0.25) is 0 Å². The normalized spacial score (nSPS) is 21.6. The number of aliphatic hydroxyl groups is 1. The van der Waals surface area contributed by atoms with Gasteiger partial charge in [-0.05, 0) is 17.7 Å². The van der Waals surface area contributed by atoms with Gasteiger partial charge in [-0.15, -0.1) is 0 Å². The summed E-state index contributed by atoms with van der Waals surface area (Å²) < 4.78 is 6.37. The quantitative estimate of drug-likeness (QED) is 0.824. The molecule has 1 aromatic carbocycles. The number of hydrogen-bond acceptors (Lipinski definition) is 4. The Kier molecular flexibility index (Phi) is 4.39. The Morgan fingerprint density at radius 1 is 1.53 bits per heavy atom. The van der Waals surface area contributed by atoms with Crippen LogP contribution >= 0.6 is 15.9 Å². The first kappa shape index (κ1) is 12.8. The van der Waals surface area contributed by atoms with E-state index in [1.54, 1.807) is 0 Å². The lowest BCUT2D eigenvalue weighted by Crippen LogP contribution is -2.46. The van der Waals surface area contributed by atoms with E-state index in [-0.39, 0.29) is 12.6 Å². The van der Waals surface area contributed by atoms with Crippen LogP contribution in [0.4, 0.5) is 5.69 Å². The molecule has 4 nitrogen and oxygen atoms in total. The van der Waals surface area contributed by atoms with Crippen molar-refractivity contribution >= 4 is 21.6 Å². The minimum absolute atomic E-state index is 0.0909. The first-order chi connectivity index (χ1) is 8.20. The first-order valence-corrected chi connectivity index (χ1v) is 6.46. The van der Waals surface area contributed by atoms with E-state index in [1.807, 2.05) is 18.2 Å². The van der Waals surface area contributed by atoms with Gasteiger partial charge in [-0.2, -0.15) is 0 Å². The molecule has 0 saturated carbocycles. The van der Waals surface area contributed by atoms with Gasteiger partial charge in [0, 0.05) is 23.2 Å². The minimum atomic E-state index is 0.0909. The molecular formula is C12H17BrN2O2. The van der Waals surface area contributed by atoms with Gasteiger partial charge in [-0.25, -0.2) is 0 Å². The molecule has 0 bridgehead atoms. The van der Waals surface area contributed by atoms with Crippen LogP contribution in [0.1, 0.15) is 5.56 Å². The van der Waals surface area contributed by atoms with E-state index in [2.05, 4.69) is 20.8 Å². The van der Waals surface area contributed by atoms with Crippen molar-refractivity contribution in [3.8, 4) is 0 Å². The van der Waals surface area contributed by atoms with Crippen molar-refractivity contribution in [1.29, 1.82) is 0 Å². The molecule has 2 rings (SSSR count). The van der Waals surface area contributed by atoms with Crippen molar-refractivity contribution in [2.75, 3.05) is 32.1 Å². The van der Waals surface area contributed by atoms with E-state index in [1.165, 1.54) is 5.56 Å². The molecule has 1 fully saturated rings. The van der Waals surface area contributed by atoms with Crippen LogP contribution in [0.5, 0.6) is 0 Å². The Morgan fingerprint density at radius 2 is 2.35 bits per heavy atom. The van der Waals surface area contributed by atoms with Gasteiger partial charge in [-0.3, -0.25) is 4.90 Å². The van der Waals surface area contributed by atoms with Crippen LogP contribution in [0.15, 0.2) is 22.7 Å². The van der Waals surface area contributed by atoms with Gasteiger partial charge in [0.15, 0.2) is 0 Å². The number of ether oxygens (including phenoxy) is 1. The number of nitrogens with two attached hydrogens (primary N) is 1. The average molecular weight is 301 g/mol. The van der Waals surface area contributed by atoms with Gasteiger partial charge in [0.25, 0.3) is 0 Å². The van der Waals surface area contributed by atoms with E-state index < -0.39 is 0 Å². The summed E-state index contributed by atoms with van der Waals surface area (Å²) in [7, 11) is 0. The third-order valence-corrected chi connectivity index (χ3v) is 3.75. The SMILES string of the molecule is Nc1ccc(CN2CCOCC2CO)c(Br)c1. The maximum absolute atomic E-state index is 9.30. The van der Waals surface area contributed by atoms with E-state index in [0.29, 0.717) is 6.61 Å². The number of anilines is 1. The fourth-order valence-electron chi connectivity index (χ4n) is 1.98. The number of nitrogens with zero attached hydrogens (tertiary/aromatic N) is 1. The van der Waals surface area contributed by atoms with Crippen LogP contribution in [0, 0.1) is 0 Å². The highest BCUT2D eigenvalue weighted by Gasteiger charge is 2.22. The van der Waals surface area contributed by atoms with Crippen molar-refractivity contribution in [1.82, 2.24) is 4.90 Å². The number of benzene rings is 1. The van der Waals surface area contributed by atoms with Crippen molar-refractivity contribution in [3.63, 3.8) is 0 Å². The van der Waals surface area contributed by atoms with Gasteiger partial charge in [-0.1, -0.05) is 22.0 Å². The lowest BCUT2D eigenvalue weighted by Gasteiger charge is -2.34. The molecule has 0 amide bonds. The number of aliphatic hydroxyl groups excluding tert-OH is 1. The van der Waals surface area contributed by atoms with Crippen molar-refractivity contribution in [3.05, 3.63) is 28.2 Å². The zero-order chi connectivity index (χ0) is 12.3. The Morgan fingerprint density at radius 3 is 3.06 bits per heavy atom. The average Bonchev–Trinajstić information content (AvgIpc) is 2.33. The third-order valence-electron chi connectivity index (χ3n) is 3.01. The maximum atomic E-state index is 9.30.